The van der Waals surface area contributed by atoms with E-state index in [4.69, 9.17) is 0 Å². The Bertz CT molecular complexity index is 1030. The van der Waals surface area contributed by atoms with Crippen LogP contribution in [0.5, 0.6) is 0 Å². The zero-order valence-corrected chi connectivity index (χ0v) is 14.3. The Labute approximate surface area is 144 Å². The molecule has 25 heavy (non-hydrogen) atoms. The van der Waals surface area contributed by atoms with Crippen molar-refractivity contribution in [1.29, 1.82) is 0 Å². The van der Waals surface area contributed by atoms with Crippen molar-refractivity contribution >= 4 is 22.9 Å². The SMILES string of the molecule is CCn1nc(C(=O)N/N=C/c2cc(C)[nH]c2C)c2ccccc2c1=O. The van der Waals surface area contributed by atoms with E-state index in [1.54, 1.807) is 37.4 Å². The van der Waals surface area contributed by atoms with Crippen molar-refractivity contribution in [3.63, 3.8) is 0 Å². The Morgan fingerprint density at radius 1 is 1.32 bits per heavy atom. The van der Waals surface area contributed by atoms with Gasteiger partial charge in [0.05, 0.1) is 11.6 Å². The second-order valence-electron chi connectivity index (χ2n) is 5.75. The first-order valence-electron chi connectivity index (χ1n) is 8.00. The van der Waals surface area contributed by atoms with Gasteiger partial charge in [-0.2, -0.15) is 10.2 Å². The normalized spacial score (nSPS) is 11.3. The van der Waals surface area contributed by atoms with Gasteiger partial charge in [-0.15, -0.1) is 0 Å². The highest BCUT2D eigenvalue weighted by Crippen LogP contribution is 2.13. The summed E-state index contributed by atoms with van der Waals surface area (Å²) in [6.07, 6.45) is 1.58. The Balaban J connectivity index is 1.93. The van der Waals surface area contributed by atoms with E-state index in [2.05, 4.69) is 20.6 Å². The van der Waals surface area contributed by atoms with Gasteiger partial charge in [-0.05, 0) is 32.9 Å². The lowest BCUT2D eigenvalue weighted by molar-refractivity contribution is 0.0949. The molecule has 2 N–H and O–H groups in total. The van der Waals surface area contributed by atoms with Gasteiger partial charge < -0.3 is 4.98 Å². The minimum Gasteiger partial charge on any atom is -0.362 e. The lowest BCUT2D eigenvalue weighted by Gasteiger charge is -2.08. The zero-order chi connectivity index (χ0) is 18.0. The molecule has 0 saturated heterocycles. The smallest absolute Gasteiger partial charge is 0.292 e. The molecule has 3 aromatic rings. The van der Waals surface area contributed by atoms with Gasteiger partial charge >= 0.3 is 0 Å². The molecule has 2 heterocycles. The third-order valence-corrected chi connectivity index (χ3v) is 3.94. The number of benzene rings is 1. The zero-order valence-electron chi connectivity index (χ0n) is 14.3. The maximum absolute atomic E-state index is 12.5. The largest absolute Gasteiger partial charge is 0.362 e. The number of carbonyl (C=O) groups excluding carboxylic acids is 1. The maximum Gasteiger partial charge on any atom is 0.292 e. The summed E-state index contributed by atoms with van der Waals surface area (Å²) in [4.78, 5) is 28.0. The number of H-pyrrole nitrogens is 1. The molecule has 0 spiro atoms. The van der Waals surface area contributed by atoms with Crippen molar-refractivity contribution in [2.75, 3.05) is 0 Å². The highest BCUT2D eigenvalue weighted by atomic mass is 16.2. The first-order valence-corrected chi connectivity index (χ1v) is 8.00. The lowest BCUT2D eigenvalue weighted by atomic mass is 10.1. The molecule has 0 saturated carbocycles. The summed E-state index contributed by atoms with van der Waals surface area (Å²) in [5, 5.41) is 9.16. The number of rotatable bonds is 4. The van der Waals surface area contributed by atoms with Crippen molar-refractivity contribution in [3.05, 3.63) is 63.3 Å². The number of fused-ring (bicyclic) bond motifs is 1. The van der Waals surface area contributed by atoms with Crippen molar-refractivity contribution in [2.45, 2.75) is 27.3 Å². The molecule has 1 amide bonds. The average Bonchev–Trinajstić information content (AvgIpc) is 2.93. The summed E-state index contributed by atoms with van der Waals surface area (Å²) in [6, 6.07) is 8.88. The van der Waals surface area contributed by atoms with E-state index < -0.39 is 5.91 Å². The molecule has 0 radical (unpaired) electrons. The molecule has 0 atom stereocenters. The second-order valence-corrected chi connectivity index (χ2v) is 5.75. The van der Waals surface area contributed by atoms with Crippen LogP contribution in [0.25, 0.3) is 10.8 Å². The molecule has 0 aliphatic carbocycles. The van der Waals surface area contributed by atoms with E-state index in [9.17, 15) is 9.59 Å². The number of hydrogen-bond donors (Lipinski definition) is 2. The van der Waals surface area contributed by atoms with Crippen molar-refractivity contribution in [2.24, 2.45) is 5.10 Å². The van der Waals surface area contributed by atoms with Crippen LogP contribution in [0.2, 0.25) is 0 Å². The van der Waals surface area contributed by atoms with Gasteiger partial charge in [-0.1, -0.05) is 18.2 Å². The molecule has 1 aromatic carbocycles. The molecule has 0 fully saturated rings. The monoisotopic (exact) mass is 337 g/mol. The molecular weight excluding hydrogens is 318 g/mol. The van der Waals surface area contributed by atoms with Gasteiger partial charge in [0.2, 0.25) is 0 Å². The van der Waals surface area contributed by atoms with Crippen molar-refractivity contribution in [3.8, 4) is 0 Å². The third-order valence-electron chi connectivity index (χ3n) is 3.94. The van der Waals surface area contributed by atoms with Crippen LogP contribution in [-0.2, 0) is 6.54 Å². The summed E-state index contributed by atoms with van der Waals surface area (Å²) >= 11 is 0. The molecule has 0 aliphatic rings. The summed E-state index contributed by atoms with van der Waals surface area (Å²) in [6.45, 7) is 6.07. The lowest BCUT2D eigenvalue weighted by Crippen LogP contribution is -2.28. The van der Waals surface area contributed by atoms with Crippen LogP contribution in [0.3, 0.4) is 0 Å². The van der Waals surface area contributed by atoms with E-state index in [0.717, 1.165) is 17.0 Å². The number of carbonyl (C=O) groups is 1. The highest BCUT2D eigenvalue weighted by molar-refractivity contribution is 6.05. The quantitative estimate of drug-likeness (QED) is 0.564. The predicted octanol–water partition coefficient (Wildman–Crippen LogP) is 2.13. The molecule has 0 aliphatic heterocycles. The van der Waals surface area contributed by atoms with Crippen LogP contribution < -0.4 is 11.0 Å². The molecule has 128 valence electrons. The summed E-state index contributed by atoms with van der Waals surface area (Å²) in [5.74, 6) is -0.459. The van der Waals surface area contributed by atoms with Gasteiger partial charge in [0.1, 0.15) is 0 Å². The number of nitrogens with one attached hydrogen (secondary N) is 2. The summed E-state index contributed by atoms with van der Waals surface area (Å²) < 4.78 is 1.28. The summed E-state index contributed by atoms with van der Waals surface area (Å²) in [5.41, 5.74) is 5.34. The second kappa shape index (κ2) is 6.72. The molecule has 3 rings (SSSR count). The van der Waals surface area contributed by atoms with Gasteiger partial charge in [-0.3, -0.25) is 9.59 Å². The Kier molecular flexibility index (Phi) is 4.47. The predicted molar refractivity (Wildman–Crippen MR) is 97.0 cm³/mol. The molecule has 0 bridgehead atoms. The molecule has 0 unspecified atom stereocenters. The molecule has 7 nitrogen and oxygen atoms in total. The van der Waals surface area contributed by atoms with Crippen LogP contribution >= 0.6 is 0 Å². The Morgan fingerprint density at radius 3 is 2.68 bits per heavy atom. The maximum atomic E-state index is 12.5. The number of hydrogen-bond acceptors (Lipinski definition) is 4. The fraction of sp³-hybridized carbons (Fsp3) is 0.222. The fourth-order valence-electron chi connectivity index (χ4n) is 2.71. The fourth-order valence-corrected chi connectivity index (χ4v) is 2.71. The van der Waals surface area contributed by atoms with E-state index >= 15 is 0 Å². The van der Waals surface area contributed by atoms with Crippen LogP contribution in [0, 0.1) is 13.8 Å². The number of nitrogens with zero attached hydrogens (tertiary/aromatic N) is 3. The van der Waals surface area contributed by atoms with Crippen LogP contribution in [0.4, 0.5) is 0 Å². The molecular formula is C18H19N5O2. The van der Waals surface area contributed by atoms with Crippen LogP contribution in [-0.4, -0.2) is 26.9 Å². The number of aromatic nitrogens is 3. The van der Waals surface area contributed by atoms with Gasteiger partial charge in [-0.25, -0.2) is 10.1 Å². The van der Waals surface area contributed by atoms with E-state index in [1.165, 1.54) is 4.68 Å². The Morgan fingerprint density at radius 2 is 2.04 bits per heavy atom. The highest BCUT2D eigenvalue weighted by Gasteiger charge is 2.15. The number of aromatic amines is 1. The van der Waals surface area contributed by atoms with Crippen molar-refractivity contribution in [1.82, 2.24) is 20.2 Å². The third kappa shape index (κ3) is 3.21. The first kappa shape index (κ1) is 16.6. The first-order chi connectivity index (χ1) is 12.0. The van der Waals surface area contributed by atoms with Gasteiger partial charge in [0, 0.05) is 28.9 Å². The molecule has 7 heteroatoms. The van der Waals surface area contributed by atoms with E-state index in [-0.39, 0.29) is 11.3 Å². The standard InChI is InChI=1S/C18H19N5O2/c1-4-23-18(25)15-8-6-5-7-14(15)16(22-23)17(24)21-19-10-13-9-11(2)20-12(13)3/h5-10,20H,4H2,1-3H3,(H,21,24)/b19-10+. The van der Waals surface area contributed by atoms with Gasteiger partial charge in [0.15, 0.2) is 5.69 Å². The van der Waals surface area contributed by atoms with Crippen LogP contribution in [0.15, 0.2) is 40.2 Å². The minimum atomic E-state index is -0.459. The topological polar surface area (TPSA) is 92.1 Å². The van der Waals surface area contributed by atoms with E-state index in [0.29, 0.717) is 17.3 Å². The van der Waals surface area contributed by atoms with E-state index in [1.807, 2.05) is 19.9 Å². The number of hydrazone groups is 1. The molecule has 2 aromatic heterocycles. The Hall–Kier alpha value is -3.22. The number of amides is 1. The minimum absolute atomic E-state index is 0.177. The average molecular weight is 337 g/mol. The number of aryl methyl sites for hydroxylation is 3. The van der Waals surface area contributed by atoms with Gasteiger partial charge in [0.25, 0.3) is 11.5 Å². The van der Waals surface area contributed by atoms with Crippen LogP contribution in [0.1, 0.15) is 34.4 Å². The summed E-state index contributed by atoms with van der Waals surface area (Å²) in [7, 11) is 0. The van der Waals surface area contributed by atoms with Crippen molar-refractivity contribution < 1.29 is 4.79 Å².